The first-order valence-electron chi connectivity index (χ1n) is 6.67. The normalized spacial score (nSPS) is 9.73. The number of ether oxygens (including phenoxy) is 3. The van der Waals surface area contributed by atoms with Crippen molar-refractivity contribution >= 4 is 37.7 Å². The van der Waals surface area contributed by atoms with Gasteiger partial charge in [0.2, 0.25) is 0 Å². The van der Waals surface area contributed by atoms with Gasteiger partial charge in [0.25, 0.3) is 0 Å². The SMILES string of the molecule is OCCOc1ccc(Oc2ccc(OCCO)cc2)cc1.[Ca+2].[H-].[H-]. The molecule has 0 fully saturated rings. The zero-order valence-electron chi connectivity index (χ0n) is 14.3. The summed E-state index contributed by atoms with van der Waals surface area (Å²) in [6.07, 6.45) is 0. The summed E-state index contributed by atoms with van der Waals surface area (Å²) < 4.78 is 16.2. The number of hydrogen-bond acceptors (Lipinski definition) is 5. The first-order valence-corrected chi connectivity index (χ1v) is 6.67. The van der Waals surface area contributed by atoms with E-state index in [-0.39, 0.29) is 67.0 Å². The second-order valence-corrected chi connectivity index (χ2v) is 4.19. The summed E-state index contributed by atoms with van der Waals surface area (Å²) in [4.78, 5) is 0. The van der Waals surface area contributed by atoms with Crippen LogP contribution < -0.4 is 14.2 Å². The quantitative estimate of drug-likeness (QED) is 0.724. The summed E-state index contributed by atoms with van der Waals surface area (Å²) in [7, 11) is 0. The van der Waals surface area contributed by atoms with Gasteiger partial charge >= 0.3 is 37.7 Å². The standard InChI is InChI=1S/C16H18O5.Ca.2H/c17-9-11-19-13-1-5-15(6-2-13)21-16-7-3-14(4-8-16)20-12-10-18;;;/h1-8,17-18H,9-12H2;;;/q;+2;2*-1. The molecule has 0 saturated carbocycles. The number of aliphatic hydroxyl groups is 2. The van der Waals surface area contributed by atoms with Crippen LogP contribution in [0, 0.1) is 0 Å². The Hall–Kier alpha value is -0.980. The Kier molecular flexibility index (Phi) is 9.27. The van der Waals surface area contributed by atoms with E-state index < -0.39 is 0 Å². The first kappa shape index (κ1) is 19.1. The fraction of sp³-hybridized carbons (Fsp3) is 0.250. The van der Waals surface area contributed by atoms with Crippen molar-refractivity contribution < 1.29 is 27.3 Å². The molecule has 2 rings (SSSR count). The van der Waals surface area contributed by atoms with Gasteiger partial charge in [0, 0.05) is 0 Å². The van der Waals surface area contributed by atoms with E-state index in [9.17, 15) is 0 Å². The molecular formula is C16H20CaO5. The molecule has 0 heterocycles. The molecule has 0 spiro atoms. The van der Waals surface area contributed by atoms with Gasteiger partial charge in [0.1, 0.15) is 36.2 Å². The minimum atomic E-state index is -0.0110. The van der Waals surface area contributed by atoms with Gasteiger partial charge in [0.05, 0.1) is 13.2 Å². The van der Waals surface area contributed by atoms with Gasteiger partial charge in [-0.15, -0.1) is 0 Å². The molecule has 0 amide bonds. The summed E-state index contributed by atoms with van der Waals surface area (Å²) in [6.45, 7) is 0.525. The molecular weight excluding hydrogens is 312 g/mol. The summed E-state index contributed by atoms with van der Waals surface area (Å²) in [5, 5.41) is 17.4. The number of hydrogen-bond donors (Lipinski definition) is 2. The van der Waals surface area contributed by atoms with Gasteiger partial charge in [-0.05, 0) is 48.5 Å². The monoisotopic (exact) mass is 332 g/mol. The van der Waals surface area contributed by atoms with Crippen LogP contribution >= 0.6 is 0 Å². The average Bonchev–Trinajstić information content (AvgIpc) is 2.53. The predicted octanol–water partition coefficient (Wildman–Crippen LogP) is 2.07. The number of benzene rings is 2. The molecule has 0 radical (unpaired) electrons. The van der Waals surface area contributed by atoms with Crippen molar-refractivity contribution in [2.24, 2.45) is 0 Å². The minimum Gasteiger partial charge on any atom is -1.00 e. The molecule has 0 unspecified atom stereocenters. The second-order valence-electron chi connectivity index (χ2n) is 4.19. The van der Waals surface area contributed by atoms with Crippen molar-refractivity contribution in [3.63, 3.8) is 0 Å². The van der Waals surface area contributed by atoms with Crippen molar-refractivity contribution in [1.29, 1.82) is 0 Å². The van der Waals surface area contributed by atoms with Crippen LogP contribution in [0.5, 0.6) is 23.0 Å². The Morgan fingerprint density at radius 1 is 0.636 bits per heavy atom. The molecule has 0 saturated heterocycles. The van der Waals surface area contributed by atoms with E-state index in [4.69, 9.17) is 24.4 Å². The molecule has 5 nitrogen and oxygen atoms in total. The third-order valence-corrected chi connectivity index (χ3v) is 2.60. The molecule has 0 atom stereocenters. The minimum absolute atomic E-state index is 0. The second kappa shape index (κ2) is 10.7. The molecule has 0 bridgehead atoms. The molecule has 0 aliphatic carbocycles. The van der Waals surface area contributed by atoms with Crippen molar-refractivity contribution in [3.05, 3.63) is 48.5 Å². The fourth-order valence-electron chi connectivity index (χ4n) is 1.67. The van der Waals surface area contributed by atoms with Crippen molar-refractivity contribution in [1.82, 2.24) is 0 Å². The Morgan fingerprint density at radius 3 is 1.27 bits per heavy atom. The average molecular weight is 332 g/mol. The van der Waals surface area contributed by atoms with E-state index >= 15 is 0 Å². The topological polar surface area (TPSA) is 68.2 Å². The molecule has 2 aromatic carbocycles. The van der Waals surface area contributed by atoms with E-state index in [0.29, 0.717) is 23.0 Å². The van der Waals surface area contributed by atoms with E-state index in [1.54, 1.807) is 48.5 Å². The maximum Gasteiger partial charge on any atom is 2.00 e. The molecule has 22 heavy (non-hydrogen) atoms. The van der Waals surface area contributed by atoms with Crippen molar-refractivity contribution in [2.45, 2.75) is 0 Å². The molecule has 116 valence electrons. The Balaban J connectivity index is 0. The van der Waals surface area contributed by atoms with Crippen molar-refractivity contribution in [3.8, 4) is 23.0 Å². The summed E-state index contributed by atoms with van der Waals surface area (Å²) in [5.41, 5.74) is 0. The maximum atomic E-state index is 8.68. The van der Waals surface area contributed by atoms with Crippen LogP contribution in [0.25, 0.3) is 0 Å². The zero-order chi connectivity index (χ0) is 14.9. The largest absolute Gasteiger partial charge is 2.00 e. The van der Waals surface area contributed by atoms with E-state index in [2.05, 4.69) is 0 Å². The van der Waals surface area contributed by atoms with Crippen molar-refractivity contribution in [2.75, 3.05) is 26.4 Å². The van der Waals surface area contributed by atoms with Crippen LogP contribution in [0.3, 0.4) is 0 Å². The van der Waals surface area contributed by atoms with Crippen LogP contribution in [-0.4, -0.2) is 74.4 Å². The number of rotatable bonds is 8. The Labute approximate surface area is 162 Å². The Morgan fingerprint density at radius 2 is 0.955 bits per heavy atom. The fourth-order valence-corrected chi connectivity index (χ4v) is 1.67. The number of aliphatic hydroxyl groups excluding tert-OH is 2. The van der Waals surface area contributed by atoms with E-state index in [0.717, 1.165) is 0 Å². The van der Waals surface area contributed by atoms with E-state index in [1.165, 1.54) is 0 Å². The summed E-state index contributed by atoms with van der Waals surface area (Å²) >= 11 is 0. The van der Waals surface area contributed by atoms with Crippen LogP contribution in [0.15, 0.2) is 48.5 Å². The first-order chi connectivity index (χ1) is 10.3. The van der Waals surface area contributed by atoms with E-state index in [1.807, 2.05) is 0 Å². The van der Waals surface area contributed by atoms with Crippen LogP contribution in [0.2, 0.25) is 0 Å². The van der Waals surface area contributed by atoms with Gasteiger partial charge in [-0.1, -0.05) is 0 Å². The molecule has 6 heteroatoms. The Bertz CT molecular complexity index is 488. The van der Waals surface area contributed by atoms with Crippen LogP contribution in [0.1, 0.15) is 2.85 Å². The van der Waals surface area contributed by atoms with Gasteiger partial charge < -0.3 is 27.3 Å². The summed E-state index contributed by atoms with van der Waals surface area (Å²) in [5.74, 6) is 2.75. The van der Waals surface area contributed by atoms with Gasteiger partial charge in [-0.3, -0.25) is 0 Å². The van der Waals surface area contributed by atoms with Gasteiger partial charge in [-0.25, -0.2) is 0 Å². The third kappa shape index (κ3) is 6.42. The molecule has 0 aliphatic heterocycles. The summed E-state index contributed by atoms with van der Waals surface area (Å²) in [6, 6.07) is 14.3. The molecule has 0 aromatic heterocycles. The molecule has 2 aromatic rings. The predicted molar refractivity (Wildman–Crippen MR) is 86.1 cm³/mol. The maximum absolute atomic E-state index is 8.68. The van der Waals surface area contributed by atoms with Gasteiger partial charge in [0.15, 0.2) is 0 Å². The van der Waals surface area contributed by atoms with Gasteiger partial charge in [-0.2, -0.15) is 0 Å². The third-order valence-electron chi connectivity index (χ3n) is 2.60. The smallest absolute Gasteiger partial charge is 1.00 e. The molecule has 2 N–H and O–H groups in total. The zero-order valence-corrected chi connectivity index (χ0v) is 14.5. The molecule has 0 aliphatic rings. The van der Waals surface area contributed by atoms with Crippen LogP contribution in [0.4, 0.5) is 0 Å². The van der Waals surface area contributed by atoms with Crippen LogP contribution in [-0.2, 0) is 0 Å².